The number of hydrogen-bond donors (Lipinski definition) is 0. The molecule has 0 aliphatic carbocycles. The highest BCUT2D eigenvalue weighted by atomic mass is 14.7. The van der Waals surface area contributed by atoms with Gasteiger partial charge >= 0.3 is 0 Å². The van der Waals surface area contributed by atoms with Crippen molar-refractivity contribution < 1.29 is 0 Å². The van der Waals surface area contributed by atoms with Crippen molar-refractivity contribution in [3.8, 4) is 78.0 Å². The smallest absolute Gasteiger partial charge is 0.0716 e. The molecule has 9 aromatic rings. The number of rotatable bonds is 7. The largest absolute Gasteiger partial charge is 0.248 e. The number of aromatic nitrogens is 1. The van der Waals surface area contributed by atoms with Gasteiger partial charge in [-0.2, -0.15) is 0 Å². The maximum atomic E-state index is 5.16. The van der Waals surface area contributed by atoms with Crippen molar-refractivity contribution in [2.75, 3.05) is 0 Å². The Morgan fingerprint density at radius 2 is 0.577 bits per heavy atom. The van der Waals surface area contributed by atoms with Crippen molar-refractivity contribution in [3.05, 3.63) is 212 Å². The van der Waals surface area contributed by atoms with Gasteiger partial charge in [-0.1, -0.05) is 176 Å². The summed E-state index contributed by atoms with van der Waals surface area (Å²) in [7, 11) is 0. The standard InChI is InChI=1S/C51H35N/c1-3-13-36(14-4-1)38-27-29-39(30-28-38)49-35-51(52-50-26-8-7-25-48(49)50)47-24-12-23-46(34-47)45-22-11-21-44(33-45)43-20-10-19-42(32-43)41-18-9-17-40(31-41)37-15-5-2-6-16-37/h1-35H. The van der Waals surface area contributed by atoms with Crippen molar-refractivity contribution in [1.82, 2.24) is 4.98 Å². The summed E-state index contributed by atoms with van der Waals surface area (Å²) in [6.07, 6.45) is 0. The molecule has 0 bridgehead atoms. The van der Waals surface area contributed by atoms with Crippen LogP contribution in [0.4, 0.5) is 0 Å². The minimum absolute atomic E-state index is 0.962. The Bertz CT molecular complexity index is 2660. The molecule has 8 aromatic carbocycles. The lowest BCUT2D eigenvalue weighted by atomic mass is 9.93. The summed E-state index contributed by atoms with van der Waals surface area (Å²) in [5.41, 5.74) is 17.4. The fraction of sp³-hybridized carbons (Fsp3) is 0. The molecule has 0 fully saturated rings. The van der Waals surface area contributed by atoms with E-state index in [4.69, 9.17) is 4.98 Å². The summed E-state index contributed by atoms with van der Waals surface area (Å²) in [5, 5.41) is 1.15. The Kier molecular flexibility index (Phi) is 8.29. The third-order valence-electron chi connectivity index (χ3n) is 9.87. The summed E-state index contributed by atoms with van der Waals surface area (Å²) in [6, 6.07) is 75.9. The first-order valence-electron chi connectivity index (χ1n) is 17.8. The summed E-state index contributed by atoms with van der Waals surface area (Å²) in [4.78, 5) is 5.16. The minimum atomic E-state index is 0.962. The van der Waals surface area contributed by atoms with Gasteiger partial charge in [0, 0.05) is 10.9 Å². The Morgan fingerprint density at radius 1 is 0.231 bits per heavy atom. The lowest BCUT2D eigenvalue weighted by molar-refractivity contribution is 1.40. The zero-order chi connectivity index (χ0) is 34.7. The average molecular weight is 662 g/mol. The van der Waals surface area contributed by atoms with Crippen LogP contribution in [0.5, 0.6) is 0 Å². The third kappa shape index (κ3) is 6.33. The maximum Gasteiger partial charge on any atom is 0.0716 e. The Hall–Kier alpha value is -6.83. The molecule has 1 heteroatoms. The van der Waals surface area contributed by atoms with E-state index in [9.17, 15) is 0 Å². The number of hydrogen-bond acceptors (Lipinski definition) is 1. The van der Waals surface area contributed by atoms with E-state index in [-0.39, 0.29) is 0 Å². The van der Waals surface area contributed by atoms with Gasteiger partial charge in [-0.05, 0) is 103 Å². The summed E-state index contributed by atoms with van der Waals surface area (Å²) in [5.74, 6) is 0. The minimum Gasteiger partial charge on any atom is -0.248 e. The van der Waals surface area contributed by atoms with Gasteiger partial charge in [0.2, 0.25) is 0 Å². The molecule has 1 nitrogen and oxygen atoms in total. The SMILES string of the molecule is c1ccc(-c2ccc(-c3cc(-c4cccc(-c5cccc(-c6cccc(-c7cccc(-c8ccccc8)c7)c6)c5)c4)nc4ccccc34)cc2)cc1. The van der Waals surface area contributed by atoms with E-state index >= 15 is 0 Å². The number of nitrogens with zero attached hydrogens (tertiary/aromatic N) is 1. The summed E-state index contributed by atoms with van der Waals surface area (Å²) < 4.78 is 0. The fourth-order valence-corrected chi connectivity index (χ4v) is 7.16. The molecule has 9 rings (SSSR count). The quantitative estimate of drug-likeness (QED) is 0.166. The molecule has 0 atom stereocenters. The fourth-order valence-electron chi connectivity index (χ4n) is 7.16. The van der Waals surface area contributed by atoms with Crippen molar-refractivity contribution in [3.63, 3.8) is 0 Å². The molecule has 1 aromatic heterocycles. The van der Waals surface area contributed by atoms with Crippen LogP contribution in [0.15, 0.2) is 212 Å². The van der Waals surface area contributed by atoms with Crippen molar-refractivity contribution in [1.29, 1.82) is 0 Å². The molecule has 1 heterocycles. The van der Waals surface area contributed by atoms with E-state index in [1.54, 1.807) is 0 Å². The monoisotopic (exact) mass is 661 g/mol. The second-order valence-corrected chi connectivity index (χ2v) is 13.2. The van der Waals surface area contributed by atoms with Crippen molar-refractivity contribution in [2.24, 2.45) is 0 Å². The van der Waals surface area contributed by atoms with Crippen LogP contribution in [0.2, 0.25) is 0 Å². The van der Waals surface area contributed by atoms with Gasteiger partial charge in [0.15, 0.2) is 0 Å². The first-order valence-corrected chi connectivity index (χ1v) is 17.8. The van der Waals surface area contributed by atoms with Crippen LogP contribution >= 0.6 is 0 Å². The molecule has 52 heavy (non-hydrogen) atoms. The second-order valence-electron chi connectivity index (χ2n) is 13.2. The lowest BCUT2D eigenvalue weighted by Gasteiger charge is -2.13. The van der Waals surface area contributed by atoms with E-state index in [0.717, 1.165) is 27.7 Å². The van der Waals surface area contributed by atoms with Crippen molar-refractivity contribution in [2.45, 2.75) is 0 Å². The van der Waals surface area contributed by atoms with E-state index in [0.29, 0.717) is 0 Å². The van der Waals surface area contributed by atoms with Gasteiger partial charge in [0.05, 0.1) is 11.2 Å². The molecule has 0 saturated carbocycles. The van der Waals surface area contributed by atoms with Crippen LogP contribution in [0.1, 0.15) is 0 Å². The number of benzene rings is 8. The summed E-state index contributed by atoms with van der Waals surface area (Å²) in [6.45, 7) is 0. The molecule has 0 spiro atoms. The maximum absolute atomic E-state index is 5.16. The molecule has 0 aliphatic heterocycles. The van der Waals surface area contributed by atoms with Gasteiger partial charge < -0.3 is 0 Å². The molecule has 0 N–H and O–H groups in total. The van der Waals surface area contributed by atoms with E-state index in [1.807, 2.05) is 0 Å². The Balaban J connectivity index is 1.04. The average Bonchev–Trinajstić information content (AvgIpc) is 3.24. The predicted octanol–water partition coefficient (Wildman–Crippen LogP) is 13.9. The van der Waals surface area contributed by atoms with Crippen LogP contribution in [0, 0.1) is 0 Å². The molecule has 0 unspecified atom stereocenters. The van der Waals surface area contributed by atoms with Crippen molar-refractivity contribution >= 4 is 10.9 Å². The molecule has 0 radical (unpaired) electrons. The number of fused-ring (bicyclic) bond motifs is 1. The zero-order valence-electron chi connectivity index (χ0n) is 28.7. The predicted molar refractivity (Wildman–Crippen MR) is 220 cm³/mol. The van der Waals surface area contributed by atoms with E-state index in [2.05, 4.69) is 212 Å². The highest BCUT2D eigenvalue weighted by Gasteiger charge is 2.12. The molecule has 0 aliphatic rings. The molecular weight excluding hydrogens is 627 g/mol. The van der Waals surface area contributed by atoms with Gasteiger partial charge in [-0.25, -0.2) is 4.98 Å². The molecule has 0 saturated heterocycles. The van der Waals surface area contributed by atoms with Gasteiger partial charge in [-0.3, -0.25) is 0 Å². The van der Waals surface area contributed by atoms with Gasteiger partial charge in [-0.15, -0.1) is 0 Å². The molecule has 0 amide bonds. The first kappa shape index (κ1) is 31.2. The second kappa shape index (κ2) is 13.8. The van der Waals surface area contributed by atoms with Gasteiger partial charge in [0.25, 0.3) is 0 Å². The highest BCUT2D eigenvalue weighted by molar-refractivity contribution is 5.97. The van der Waals surface area contributed by atoms with Crippen LogP contribution < -0.4 is 0 Å². The van der Waals surface area contributed by atoms with Crippen LogP contribution in [-0.4, -0.2) is 4.98 Å². The highest BCUT2D eigenvalue weighted by Crippen LogP contribution is 2.36. The topological polar surface area (TPSA) is 12.9 Å². The lowest BCUT2D eigenvalue weighted by Crippen LogP contribution is -1.91. The number of para-hydroxylation sites is 1. The third-order valence-corrected chi connectivity index (χ3v) is 9.87. The zero-order valence-corrected chi connectivity index (χ0v) is 28.7. The van der Waals surface area contributed by atoms with E-state index < -0.39 is 0 Å². The van der Waals surface area contributed by atoms with Crippen LogP contribution in [0.25, 0.3) is 88.9 Å². The van der Waals surface area contributed by atoms with Gasteiger partial charge in [0.1, 0.15) is 0 Å². The van der Waals surface area contributed by atoms with Crippen LogP contribution in [0.3, 0.4) is 0 Å². The molecular formula is C51H35N. The normalized spacial score (nSPS) is 11.1. The van der Waals surface area contributed by atoms with Crippen LogP contribution in [-0.2, 0) is 0 Å². The Morgan fingerprint density at radius 3 is 1.10 bits per heavy atom. The Labute approximate surface area is 305 Å². The molecule has 244 valence electrons. The first-order chi connectivity index (χ1) is 25.7. The number of pyridine rings is 1. The summed E-state index contributed by atoms with van der Waals surface area (Å²) >= 11 is 0. The van der Waals surface area contributed by atoms with E-state index in [1.165, 1.54) is 61.2 Å².